The van der Waals surface area contributed by atoms with Crippen molar-refractivity contribution in [2.24, 2.45) is 0 Å². The molecule has 0 radical (unpaired) electrons. The van der Waals surface area contributed by atoms with Crippen LogP contribution in [0.3, 0.4) is 0 Å². The number of esters is 1. The number of rotatable bonds is 6. The lowest BCUT2D eigenvalue weighted by atomic mass is 9.80. The highest BCUT2D eigenvalue weighted by Crippen LogP contribution is 2.34. The summed E-state index contributed by atoms with van der Waals surface area (Å²) in [7, 11) is 0. The Morgan fingerprint density at radius 2 is 1.76 bits per heavy atom. The number of ether oxygens (including phenoxy) is 1. The van der Waals surface area contributed by atoms with Crippen LogP contribution in [0.5, 0.6) is 0 Å². The lowest BCUT2D eigenvalue weighted by Crippen LogP contribution is -2.37. The maximum absolute atomic E-state index is 12.5. The normalized spacial score (nSPS) is 23.4. The minimum absolute atomic E-state index is 0.220. The molecule has 1 amide bonds. The zero-order chi connectivity index (χ0) is 23.5. The van der Waals surface area contributed by atoms with Crippen LogP contribution in [0.25, 0.3) is 10.8 Å². The van der Waals surface area contributed by atoms with E-state index in [-0.39, 0.29) is 17.9 Å². The van der Waals surface area contributed by atoms with Gasteiger partial charge >= 0.3 is 5.97 Å². The van der Waals surface area contributed by atoms with Gasteiger partial charge in [-0.05, 0) is 66.1 Å². The summed E-state index contributed by atoms with van der Waals surface area (Å²) in [5.41, 5.74) is 3.21. The minimum Gasteiger partial charge on any atom is -0.464 e. The van der Waals surface area contributed by atoms with Gasteiger partial charge in [0.05, 0.1) is 6.61 Å². The molecule has 1 heterocycles. The second-order valence-electron chi connectivity index (χ2n) is 9.62. The number of benzene rings is 3. The molecule has 5 heteroatoms. The molecule has 1 aliphatic carbocycles. The van der Waals surface area contributed by atoms with E-state index < -0.39 is 6.04 Å². The van der Waals surface area contributed by atoms with Gasteiger partial charge in [0, 0.05) is 24.1 Å². The molecule has 2 aliphatic rings. The van der Waals surface area contributed by atoms with E-state index >= 15 is 0 Å². The van der Waals surface area contributed by atoms with Gasteiger partial charge in [-0.25, -0.2) is 4.79 Å². The molecule has 3 aromatic rings. The third kappa shape index (κ3) is 4.85. The number of carbonyl (C=O) groups is 2. The van der Waals surface area contributed by atoms with E-state index in [1.165, 1.54) is 41.2 Å². The average molecular weight is 457 g/mol. The summed E-state index contributed by atoms with van der Waals surface area (Å²) in [6.45, 7) is 2.64. The first kappa shape index (κ1) is 22.6. The molecule has 1 saturated heterocycles. The van der Waals surface area contributed by atoms with Gasteiger partial charge in [0.1, 0.15) is 6.04 Å². The topological polar surface area (TPSA) is 67.4 Å². The van der Waals surface area contributed by atoms with E-state index in [1.807, 2.05) is 12.1 Å². The van der Waals surface area contributed by atoms with Crippen molar-refractivity contribution in [3.63, 3.8) is 0 Å². The number of nitrogens with one attached hydrogen (secondary N) is 2. The zero-order valence-corrected chi connectivity index (χ0v) is 19.6. The Balaban J connectivity index is 1.22. The van der Waals surface area contributed by atoms with E-state index in [9.17, 15) is 9.59 Å². The van der Waals surface area contributed by atoms with Crippen molar-refractivity contribution in [1.29, 1.82) is 0 Å². The van der Waals surface area contributed by atoms with Gasteiger partial charge in [-0.15, -0.1) is 0 Å². The third-order valence-electron chi connectivity index (χ3n) is 7.33. The van der Waals surface area contributed by atoms with E-state index in [2.05, 4.69) is 72.2 Å². The van der Waals surface area contributed by atoms with Crippen LogP contribution >= 0.6 is 0 Å². The Bertz CT molecular complexity index is 1170. The molecule has 5 rings (SSSR count). The van der Waals surface area contributed by atoms with Gasteiger partial charge in [-0.3, -0.25) is 4.79 Å². The minimum atomic E-state index is -0.527. The maximum Gasteiger partial charge on any atom is 0.328 e. The first-order chi connectivity index (χ1) is 16.6. The number of hydrogen-bond donors (Lipinski definition) is 2. The second kappa shape index (κ2) is 9.98. The Labute approximate surface area is 200 Å². The Morgan fingerprint density at radius 3 is 2.56 bits per heavy atom. The summed E-state index contributed by atoms with van der Waals surface area (Å²) < 4.78 is 4.93. The molecular weight excluding hydrogens is 424 g/mol. The SMILES string of the molecule is CC(NC1CCCC(c2ccc(C(=O)NC3CCOC3=O)cc2)C1)c1cccc2ccccc12. The molecule has 3 aromatic carbocycles. The molecule has 0 spiro atoms. The van der Waals surface area contributed by atoms with E-state index in [0.29, 0.717) is 30.6 Å². The van der Waals surface area contributed by atoms with Crippen molar-refractivity contribution in [1.82, 2.24) is 10.6 Å². The van der Waals surface area contributed by atoms with E-state index in [0.717, 1.165) is 6.42 Å². The maximum atomic E-state index is 12.5. The second-order valence-corrected chi connectivity index (χ2v) is 9.62. The molecule has 176 valence electrons. The summed E-state index contributed by atoms with van der Waals surface area (Å²) in [4.78, 5) is 24.1. The predicted molar refractivity (Wildman–Crippen MR) is 134 cm³/mol. The van der Waals surface area contributed by atoms with Crippen molar-refractivity contribution >= 4 is 22.6 Å². The molecule has 1 saturated carbocycles. The highest BCUT2D eigenvalue weighted by Gasteiger charge is 2.29. The fraction of sp³-hybridized carbons (Fsp3) is 0.379. The number of fused-ring (bicyclic) bond motifs is 1. The zero-order valence-electron chi connectivity index (χ0n) is 19.6. The summed E-state index contributed by atoms with van der Waals surface area (Å²) >= 11 is 0. The first-order valence-electron chi connectivity index (χ1n) is 12.4. The molecule has 0 bridgehead atoms. The van der Waals surface area contributed by atoms with E-state index in [4.69, 9.17) is 4.74 Å². The summed E-state index contributed by atoms with van der Waals surface area (Å²) in [6, 6.07) is 23.2. The predicted octanol–water partition coefficient (Wildman–Crippen LogP) is 5.26. The van der Waals surface area contributed by atoms with Crippen molar-refractivity contribution in [3.8, 4) is 0 Å². The number of carbonyl (C=O) groups excluding carboxylic acids is 2. The Hall–Kier alpha value is -3.18. The largest absolute Gasteiger partial charge is 0.464 e. The molecule has 2 N–H and O–H groups in total. The molecule has 1 aliphatic heterocycles. The average Bonchev–Trinajstić information content (AvgIpc) is 3.28. The molecule has 34 heavy (non-hydrogen) atoms. The lowest BCUT2D eigenvalue weighted by Gasteiger charge is -2.32. The first-order valence-corrected chi connectivity index (χ1v) is 12.4. The molecule has 5 nitrogen and oxygen atoms in total. The van der Waals surface area contributed by atoms with Gasteiger partial charge in [0.15, 0.2) is 0 Å². The van der Waals surface area contributed by atoms with Crippen LogP contribution in [0.2, 0.25) is 0 Å². The molecule has 2 fully saturated rings. The van der Waals surface area contributed by atoms with Gasteiger partial charge in [0.25, 0.3) is 5.91 Å². The van der Waals surface area contributed by atoms with Gasteiger partial charge < -0.3 is 15.4 Å². The van der Waals surface area contributed by atoms with Crippen molar-refractivity contribution in [3.05, 3.63) is 83.4 Å². The van der Waals surface area contributed by atoms with Crippen molar-refractivity contribution in [2.75, 3.05) is 6.61 Å². The van der Waals surface area contributed by atoms with Crippen LogP contribution in [0.15, 0.2) is 66.7 Å². The number of cyclic esters (lactones) is 1. The smallest absolute Gasteiger partial charge is 0.328 e. The van der Waals surface area contributed by atoms with Crippen LogP contribution in [-0.2, 0) is 9.53 Å². The van der Waals surface area contributed by atoms with Crippen LogP contribution in [0.4, 0.5) is 0 Å². The van der Waals surface area contributed by atoms with Gasteiger partial charge in [0.2, 0.25) is 0 Å². The highest BCUT2D eigenvalue weighted by molar-refractivity contribution is 5.97. The fourth-order valence-corrected chi connectivity index (χ4v) is 5.49. The monoisotopic (exact) mass is 456 g/mol. The highest BCUT2D eigenvalue weighted by atomic mass is 16.5. The van der Waals surface area contributed by atoms with Crippen molar-refractivity contribution in [2.45, 2.75) is 63.1 Å². The van der Waals surface area contributed by atoms with Crippen LogP contribution in [-0.4, -0.2) is 30.6 Å². The van der Waals surface area contributed by atoms with Gasteiger partial charge in [-0.2, -0.15) is 0 Å². The summed E-state index contributed by atoms with van der Waals surface area (Å²) in [6.07, 6.45) is 5.17. The Kier molecular flexibility index (Phi) is 6.63. The molecule has 0 aromatic heterocycles. The Morgan fingerprint density at radius 1 is 0.971 bits per heavy atom. The van der Waals surface area contributed by atoms with Gasteiger partial charge in [-0.1, -0.05) is 61.0 Å². The van der Waals surface area contributed by atoms with Crippen molar-refractivity contribution < 1.29 is 14.3 Å². The number of amides is 1. The molecular formula is C29H32N2O3. The third-order valence-corrected chi connectivity index (χ3v) is 7.33. The summed E-state index contributed by atoms with van der Waals surface area (Å²) in [5, 5.41) is 9.27. The van der Waals surface area contributed by atoms with Crippen LogP contribution < -0.4 is 10.6 Å². The van der Waals surface area contributed by atoms with E-state index in [1.54, 1.807) is 0 Å². The summed E-state index contributed by atoms with van der Waals surface area (Å²) in [5.74, 6) is -0.0844. The standard InChI is InChI=1S/C29H32N2O3/c1-19(25-11-5-7-21-6-2-3-10-26(21)25)30-24-9-4-8-23(18-24)20-12-14-22(15-13-20)28(32)31-27-16-17-34-29(27)33/h2-3,5-7,10-15,19,23-24,27,30H,4,8-9,16-18H2,1H3,(H,31,32). The van der Waals surface area contributed by atoms with Crippen LogP contribution in [0, 0.1) is 0 Å². The van der Waals surface area contributed by atoms with Crippen LogP contribution in [0.1, 0.15) is 72.5 Å². The fourth-order valence-electron chi connectivity index (χ4n) is 5.49. The quantitative estimate of drug-likeness (QED) is 0.497. The molecule has 4 atom stereocenters. The number of hydrogen-bond acceptors (Lipinski definition) is 4. The lowest BCUT2D eigenvalue weighted by molar-refractivity contribution is -0.139. The molecule has 4 unspecified atom stereocenters.